The van der Waals surface area contributed by atoms with Crippen LogP contribution in [0.5, 0.6) is 0 Å². The molecule has 0 bridgehead atoms. The first kappa shape index (κ1) is 14.6. The molecule has 3 aromatic rings. The van der Waals surface area contributed by atoms with E-state index in [4.69, 9.17) is 4.84 Å². The molecule has 1 aromatic carbocycles. The summed E-state index contributed by atoms with van der Waals surface area (Å²) in [6.45, 7) is 0. The number of rotatable bonds is 4. The number of amides is 1. The summed E-state index contributed by atoms with van der Waals surface area (Å²) in [5, 5.41) is 10.4. The Morgan fingerprint density at radius 2 is 1.96 bits per heavy atom. The molecule has 0 fully saturated rings. The van der Waals surface area contributed by atoms with Crippen molar-refractivity contribution >= 4 is 18.0 Å². The van der Waals surface area contributed by atoms with Crippen LogP contribution >= 0.6 is 0 Å². The fourth-order valence-electron chi connectivity index (χ4n) is 2.11. The third-order valence-electron chi connectivity index (χ3n) is 3.13. The second kappa shape index (κ2) is 6.61. The van der Waals surface area contributed by atoms with Crippen LogP contribution in [0.1, 0.15) is 5.56 Å². The van der Waals surface area contributed by atoms with Gasteiger partial charge in [-0.2, -0.15) is 5.10 Å². The molecular formula is C16H15N5O2. The van der Waals surface area contributed by atoms with E-state index in [1.165, 1.54) is 6.21 Å². The molecule has 7 heteroatoms. The number of hydrogen-bond donors (Lipinski definition) is 1. The number of nitrogens with one attached hydrogen (secondary N) is 1. The topological polar surface area (TPSA) is 73.4 Å². The lowest BCUT2D eigenvalue weighted by Crippen LogP contribution is -2.13. The molecule has 0 radical (unpaired) electrons. The van der Waals surface area contributed by atoms with Crippen molar-refractivity contribution in [1.29, 1.82) is 0 Å². The van der Waals surface area contributed by atoms with Crippen molar-refractivity contribution in [3.8, 4) is 5.82 Å². The van der Waals surface area contributed by atoms with Gasteiger partial charge in [0.15, 0.2) is 5.82 Å². The summed E-state index contributed by atoms with van der Waals surface area (Å²) in [6, 6.07) is 13.1. The number of carbonyl (C=O) groups excluding carboxylic acids is 1. The van der Waals surface area contributed by atoms with Gasteiger partial charge in [0.2, 0.25) is 0 Å². The molecule has 0 spiro atoms. The first-order valence-corrected chi connectivity index (χ1v) is 6.96. The third kappa shape index (κ3) is 3.46. The lowest BCUT2D eigenvalue weighted by atomic mass is 10.2. The molecular weight excluding hydrogens is 294 g/mol. The molecule has 7 nitrogen and oxygen atoms in total. The van der Waals surface area contributed by atoms with E-state index in [2.05, 4.69) is 15.6 Å². The highest BCUT2D eigenvalue weighted by molar-refractivity contribution is 5.87. The van der Waals surface area contributed by atoms with E-state index in [1.54, 1.807) is 17.9 Å². The summed E-state index contributed by atoms with van der Waals surface area (Å²) in [5.74, 6) is 0.721. The molecule has 0 aliphatic rings. The van der Waals surface area contributed by atoms with E-state index in [0.717, 1.165) is 11.4 Å². The molecule has 1 N–H and O–H groups in total. The lowest BCUT2D eigenvalue weighted by molar-refractivity contribution is 0.167. The van der Waals surface area contributed by atoms with Crippen LogP contribution in [0.15, 0.2) is 66.2 Å². The van der Waals surface area contributed by atoms with Crippen LogP contribution < -0.4 is 5.32 Å². The van der Waals surface area contributed by atoms with Gasteiger partial charge in [0.1, 0.15) is 5.69 Å². The first-order chi connectivity index (χ1) is 11.2. The Morgan fingerprint density at radius 3 is 2.70 bits per heavy atom. The minimum absolute atomic E-state index is 0.531. The number of carbonyl (C=O) groups is 1. The van der Waals surface area contributed by atoms with Crippen LogP contribution in [0, 0.1) is 0 Å². The number of aromatic nitrogens is 3. The molecule has 0 saturated carbocycles. The van der Waals surface area contributed by atoms with Gasteiger partial charge in [-0.3, -0.25) is 14.8 Å². The predicted molar refractivity (Wildman–Crippen MR) is 86.7 cm³/mol. The molecule has 116 valence electrons. The van der Waals surface area contributed by atoms with Gasteiger partial charge in [-0.15, -0.1) is 0 Å². The van der Waals surface area contributed by atoms with Gasteiger partial charge in [0, 0.05) is 19.4 Å². The van der Waals surface area contributed by atoms with Crippen LogP contribution in [-0.4, -0.2) is 26.7 Å². The summed E-state index contributed by atoms with van der Waals surface area (Å²) < 4.78 is 3.50. The molecule has 2 heterocycles. The zero-order valence-electron chi connectivity index (χ0n) is 12.5. The van der Waals surface area contributed by atoms with Gasteiger partial charge in [0.25, 0.3) is 0 Å². The van der Waals surface area contributed by atoms with E-state index >= 15 is 0 Å². The van der Waals surface area contributed by atoms with Crippen molar-refractivity contribution in [3.05, 3.63) is 66.6 Å². The van der Waals surface area contributed by atoms with E-state index in [0.29, 0.717) is 5.69 Å². The normalized spacial score (nSPS) is 10.8. The van der Waals surface area contributed by atoms with Crippen molar-refractivity contribution in [2.75, 3.05) is 5.32 Å². The number of nitrogens with zero attached hydrogens (tertiary/aromatic N) is 4. The van der Waals surface area contributed by atoms with Gasteiger partial charge in [-0.25, -0.2) is 4.79 Å². The Morgan fingerprint density at radius 1 is 1.22 bits per heavy atom. The zero-order valence-corrected chi connectivity index (χ0v) is 12.5. The summed E-state index contributed by atoms with van der Waals surface area (Å²) in [4.78, 5) is 16.6. The van der Waals surface area contributed by atoms with Crippen LogP contribution in [0.2, 0.25) is 0 Å². The second-order valence-electron chi connectivity index (χ2n) is 4.74. The fraction of sp³-hybridized carbons (Fsp3) is 0.0625. The van der Waals surface area contributed by atoms with Crippen molar-refractivity contribution in [2.24, 2.45) is 12.2 Å². The van der Waals surface area contributed by atoms with Gasteiger partial charge >= 0.3 is 6.09 Å². The smallest absolute Gasteiger partial charge is 0.307 e. The predicted octanol–water partition coefficient (Wildman–Crippen LogP) is 2.79. The second-order valence-corrected chi connectivity index (χ2v) is 4.74. The van der Waals surface area contributed by atoms with Crippen molar-refractivity contribution < 1.29 is 9.63 Å². The molecule has 0 aliphatic carbocycles. The Labute approximate surface area is 132 Å². The minimum Gasteiger partial charge on any atom is -0.307 e. The zero-order chi connectivity index (χ0) is 16.1. The number of aryl methyl sites for hydroxylation is 1. The molecule has 1 amide bonds. The highest BCUT2D eigenvalue weighted by Gasteiger charge is 2.13. The Bertz CT molecular complexity index is 806. The SMILES string of the molecule is Cn1ncc(NC(=O)ON=Cc2ccccc2)c1-n1cccc1. The summed E-state index contributed by atoms with van der Waals surface area (Å²) in [6.07, 6.45) is 6.06. The first-order valence-electron chi connectivity index (χ1n) is 6.96. The summed E-state index contributed by atoms with van der Waals surface area (Å²) >= 11 is 0. The van der Waals surface area contributed by atoms with Crippen LogP contribution in [0.25, 0.3) is 5.82 Å². The van der Waals surface area contributed by atoms with Crippen molar-refractivity contribution in [1.82, 2.24) is 14.3 Å². The number of hydrogen-bond acceptors (Lipinski definition) is 4. The maximum Gasteiger partial charge on any atom is 0.437 e. The molecule has 0 unspecified atom stereocenters. The van der Waals surface area contributed by atoms with Gasteiger partial charge in [0.05, 0.1) is 12.4 Å². The fourth-order valence-corrected chi connectivity index (χ4v) is 2.11. The van der Waals surface area contributed by atoms with Crippen LogP contribution in [-0.2, 0) is 11.9 Å². The Balaban J connectivity index is 1.66. The molecule has 23 heavy (non-hydrogen) atoms. The monoisotopic (exact) mass is 309 g/mol. The molecule has 2 aromatic heterocycles. The molecule has 0 aliphatic heterocycles. The average Bonchev–Trinajstić information content (AvgIpc) is 3.18. The summed E-state index contributed by atoms with van der Waals surface area (Å²) in [7, 11) is 1.79. The highest BCUT2D eigenvalue weighted by atomic mass is 16.7. The standard InChI is InChI=1S/C16H15N5O2/c1-20-15(21-9-5-6-10-21)14(12-17-20)19-16(22)23-18-11-13-7-3-2-4-8-13/h2-12H,1H3,(H,19,22). The Hall–Kier alpha value is -3.35. The molecule has 0 saturated heterocycles. The maximum atomic E-state index is 11.8. The lowest BCUT2D eigenvalue weighted by Gasteiger charge is -2.07. The van der Waals surface area contributed by atoms with E-state index < -0.39 is 6.09 Å². The van der Waals surface area contributed by atoms with E-state index in [1.807, 2.05) is 59.4 Å². The highest BCUT2D eigenvalue weighted by Crippen LogP contribution is 2.19. The largest absolute Gasteiger partial charge is 0.437 e. The van der Waals surface area contributed by atoms with Crippen LogP contribution in [0.4, 0.5) is 10.5 Å². The van der Waals surface area contributed by atoms with Gasteiger partial charge in [-0.1, -0.05) is 35.5 Å². The maximum absolute atomic E-state index is 11.8. The minimum atomic E-state index is -0.682. The van der Waals surface area contributed by atoms with E-state index in [9.17, 15) is 4.79 Å². The molecule has 0 atom stereocenters. The number of oxime groups is 1. The van der Waals surface area contributed by atoms with Crippen LogP contribution in [0.3, 0.4) is 0 Å². The third-order valence-corrected chi connectivity index (χ3v) is 3.13. The van der Waals surface area contributed by atoms with Gasteiger partial charge < -0.3 is 4.57 Å². The van der Waals surface area contributed by atoms with Gasteiger partial charge in [-0.05, 0) is 17.7 Å². The van der Waals surface area contributed by atoms with E-state index in [-0.39, 0.29) is 0 Å². The van der Waals surface area contributed by atoms with Crippen molar-refractivity contribution in [3.63, 3.8) is 0 Å². The molecule has 3 rings (SSSR count). The number of anilines is 1. The summed E-state index contributed by atoms with van der Waals surface area (Å²) in [5.41, 5.74) is 1.37. The Kier molecular flexibility index (Phi) is 4.19. The quantitative estimate of drug-likeness (QED) is 0.457. The average molecular weight is 309 g/mol. The number of benzene rings is 1. The van der Waals surface area contributed by atoms with Crippen molar-refractivity contribution in [2.45, 2.75) is 0 Å².